The summed E-state index contributed by atoms with van der Waals surface area (Å²) in [7, 11) is 1.58. The van der Waals surface area contributed by atoms with Crippen LogP contribution in [0.25, 0.3) is 0 Å². The maximum Gasteiger partial charge on any atom is 0.303 e. The molecule has 220 valence electrons. The van der Waals surface area contributed by atoms with Crippen LogP contribution in [-0.4, -0.2) is 68.8 Å². The lowest BCUT2D eigenvalue weighted by atomic mass is 9.88. The van der Waals surface area contributed by atoms with Crippen LogP contribution in [0.2, 0.25) is 0 Å². The van der Waals surface area contributed by atoms with Crippen molar-refractivity contribution in [3.05, 3.63) is 59.2 Å². The predicted octanol–water partition coefficient (Wildman–Crippen LogP) is 2.95. The summed E-state index contributed by atoms with van der Waals surface area (Å²) in [4.78, 5) is 48.0. The summed E-state index contributed by atoms with van der Waals surface area (Å²) in [5, 5.41) is 0. The van der Waals surface area contributed by atoms with Crippen LogP contribution in [0.3, 0.4) is 0 Å². The second-order valence-electron chi connectivity index (χ2n) is 9.50. The molecule has 1 saturated heterocycles. The number of methoxy groups -OCH3 is 1. The van der Waals surface area contributed by atoms with Gasteiger partial charge in [0.15, 0.2) is 25.1 Å². The highest BCUT2D eigenvalue weighted by Gasteiger charge is 2.52. The maximum atomic E-state index is 12.2. The standard InChI is InChI=1S/C29H32O12/c1-15(30)35-13-24-27(38-16(2)31)29(40-18(4)33)28(39-17(3)32)26(41-24)20-8-11-23-22(12-20)25(37-14-36-23)19-6-9-21(34-5)10-7-19/h6-12,24-29H,13-14H2,1-5H3. The predicted molar refractivity (Wildman–Crippen MR) is 139 cm³/mol. The number of hydrogen-bond acceptors (Lipinski definition) is 12. The lowest BCUT2D eigenvalue weighted by Crippen LogP contribution is -2.59. The lowest BCUT2D eigenvalue weighted by molar-refractivity contribution is -0.254. The minimum Gasteiger partial charge on any atom is -0.497 e. The Morgan fingerprint density at radius 1 is 0.780 bits per heavy atom. The van der Waals surface area contributed by atoms with Gasteiger partial charge in [0.1, 0.15) is 36.4 Å². The molecule has 0 amide bonds. The Morgan fingerprint density at radius 2 is 1.39 bits per heavy atom. The van der Waals surface area contributed by atoms with E-state index in [1.165, 1.54) is 27.7 Å². The van der Waals surface area contributed by atoms with E-state index in [0.717, 1.165) is 5.56 Å². The molecule has 0 spiro atoms. The highest BCUT2D eigenvalue weighted by atomic mass is 16.7. The van der Waals surface area contributed by atoms with Crippen LogP contribution < -0.4 is 9.47 Å². The first-order valence-electron chi connectivity index (χ1n) is 12.9. The number of hydrogen-bond donors (Lipinski definition) is 0. The third-order valence-electron chi connectivity index (χ3n) is 6.50. The fraction of sp³-hybridized carbons (Fsp3) is 0.448. The van der Waals surface area contributed by atoms with Crippen LogP contribution in [-0.2, 0) is 47.6 Å². The van der Waals surface area contributed by atoms with E-state index in [9.17, 15) is 19.2 Å². The van der Waals surface area contributed by atoms with Crippen molar-refractivity contribution in [3.8, 4) is 11.5 Å². The van der Waals surface area contributed by atoms with E-state index in [0.29, 0.717) is 22.6 Å². The average molecular weight is 573 g/mol. The van der Waals surface area contributed by atoms with Crippen LogP contribution in [0.15, 0.2) is 42.5 Å². The quantitative estimate of drug-likeness (QED) is 0.339. The molecule has 41 heavy (non-hydrogen) atoms. The van der Waals surface area contributed by atoms with Gasteiger partial charge in [-0.25, -0.2) is 0 Å². The first kappa shape index (κ1) is 29.8. The highest BCUT2D eigenvalue weighted by molar-refractivity contribution is 5.69. The maximum absolute atomic E-state index is 12.2. The van der Waals surface area contributed by atoms with Crippen LogP contribution in [0.1, 0.15) is 56.6 Å². The summed E-state index contributed by atoms with van der Waals surface area (Å²) in [5.41, 5.74) is 2.04. The number of benzene rings is 2. The summed E-state index contributed by atoms with van der Waals surface area (Å²) in [6.07, 6.45) is -6.34. The molecule has 0 bridgehead atoms. The molecule has 12 nitrogen and oxygen atoms in total. The Labute approximate surface area is 236 Å². The number of fused-ring (bicyclic) bond motifs is 1. The second kappa shape index (κ2) is 13.0. The minimum absolute atomic E-state index is 0.0299. The summed E-state index contributed by atoms with van der Waals surface area (Å²) < 4.78 is 45.0. The first-order chi connectivity index (χ1) is 19.6. The molecule has 0 saturated carbocycles. The van der Waals surface area contributed by atoms with Crippen LogP contribution in [0, 0.1) is 0 Å². The van der Waals surface area contributed by atoms with E-state index < -0.39 is 60.5 Å². The number of ether oxygens (including phenoxy) is 8. The fourth-order valence-electron chi connectivity index (χ4n) is 4.89. The Balaban J connectivity index is 1.78. The molecule has 2 aliphatic rings. The average Bonchev–Trinajstić information content (AvgIpc) is 2.93. The molecule has 0 N–H and O–H groups in total. The summed E-state index contributed by atoms with van der Waals surface area (Å²) in [6, 6.07) is 12.6. The van der Waals surface area contributed by atoms with E-state index in [2.05, 4.69) is 0 Å². The molecule has 0 aliphatic carbocycles. The van der Waals surface area contributed by atoms with Gasteiger partial charge in [-0.2, -0.15) is 0 Å². The third-order valence-corrected chi connectivity index (χ3v) is 6.50. The number of rotatable bonds is 8. The molecule has 4 rings (SSSR count). The van der Waals surface area contributed by atoms with Gasteiger partial charge in [-0.3, -0.25) is 19.2 Å². The van der Waals surface area contributed by atoms with Crippen molar-refractivity contribution in [1.82, 2.24) is 0 Å². The largest absolute Gasteiger partial charge is 0.497 e. The fourth-order valence-corrected chi connectivity index (χ4v) is 4.89. The molecule has 1 fully saturated rings. The van der Waals surface area contributed by atoms with Crippen molar-refractivity contribution in [2.24, 2.45) is 0 Å². The number of carbonyl (C=O) groups excluding carboxylic acids is 4. The van der Waals surface area contributed by atoms with Gasteiger partial charge in [0.05, 0.1) is 7.11 Å². The van der Waals surface area contributed by atoms with E-state index in [1.54, 1.807) is 25.3 Å². The summed E-state index contributed by atoms with van der Waals surface area (Å²) >= 11 is 0. The molecule has 2 heterocycles. The topological polar surface area (TPSA) is 142 Å². The Hall–Kier alpha value is -4.16. The number of esters is 4. The number of carbonyl (C=O) groups is 4. The minimum atomic E-state index is -1.28. The zero-order chi connectivity index (χ0) is 29.7. The molecular weight excluding hydrogens is 540 g/mol. The van der Waals surface area contributed by atoms with Crippen molar-refractivity contribution < 1.29 is 57.1 Å². The van der Waals surface area contributed by atoms with Gasteiger partial charge >= 0.3 is 23.9 Å². The molecule has 2 aliphatic heterocycles. The van der Waals surface area contributed by atoms with Crippen LogP contribution in [0.5, 0.6) is 11.5 Å². The zero-order valence-electron chi connectivity index (χ0n) is 23.3. The summed E-state index contributed by atoms with van der Waals surface area (Å²) in [6.45, 7) is 4.47. The monoisotopic (exact) mass is 572 g/mol. The van der Waals surface area contributed by atoms with Crippen molar-refractivity contribution in [2.45, 2.75) is 64.3 Å². The van der Waals surface area contributed by atoms with E-state index >= 15 is 0 Å². The third kappa shape index (κ3) is 7.14. The lowest BCUT2D eigenvalue weighted by Gasteiger charge is -2.44. The molecule has 0 aromatic heterocycles. The van der Waals surface area contributed by atoms with Gasteiger partial charge in [0, 0.05) is 33.3 Å². The van der Waals surface area contributed by atoms with Crippen molar-refractivity contribution in [2.75, 3.05) is 20.5 Å². The first-order valence-corrected chi connectivity index (χ1v) is 12.9. The normalized spacial score (nSPS) is 25.1. The van der Waals surface area contributed by atoms with Gasteiger partial charge in [0.25, 0.3) is 0 Å². The van der Waals surface area contributed by atoms with Gasteiger partial charge < -0.3 is 37.9 Å². The smallest absolute Gasteiger partial charge is 0.303 e. The van der Waals surface area contributed by atoms with Crippen LogP contribution in [0.4, 0.5) is 0 Å². The van der Waals surface area contributed by atoms with E-state index in [1.807, 2.05) is 24.3 Å². The van der Waals surface area contributed by atoms with Crippen molar-refractivity contribution >= 4 is 23.9 Å². The molecule has 6 unspecified atom stereocenters. The zero-order valence-corrected chi connectivity index (χ0v) is 23.3. The SMILES string of the molecule is COc1ccc(C2OCOc3ccc(C4OC(COC(C)=O)C(OC(C)=O)C(OC(C)=O)C4OC(C)=O)cc32)cc1. The van der Waals surface area contributed by atoms with E-state index in [4.69, 9.17) is 37.9 Å². The van der Waals surface area contributed by atoms with Gasteiger partial charge in [0.2, 0.25) is 0 Å². The van der Waals surface area contributed by atoms with Gasteiger partial charge in [-0.15, -0.1) is 0 Å². The molecule has 0 radical (unpaired) electrons. The Bertz CT molecular complexity index is 1270. The molecular formula is C29H32O12. The van der Waals surface area contributed by atoms with Crippen LogP contribution >= 0.6 is 0 Å². The highest BCUT2D eigenvalue weighted by Crippen LogP contribution is 2.42. The second-order valence-corrected chi connectivity index (χ2v) is 9.50. The molecule has 6 atom stereocenters. The Morgan fingerprint density at radius 3 is 2.00 bits per heavy atom. The van der Waals surface area contributed by atoms with Gasteiger partial charge in [-0.05, 0) is 35.4 Å². The molecule has 2 aromatic rings. The summed E-state index contributed by atoms with van der Waals surface area (Å²) in [5.74, 6) is -1.42. The molecule has 12 heteroatoms. The van der Waals surface area contributed by atoms with E-state index in [-0.39, 0.29) is 13.4 Å². The molecule has 2 aromatic carbocycles. The van der Waals surface area contributed by atoms with Gasteiger partial charge in [-0.1, -0.05) is 18.2 Å². The Kier molecular flexibility index (Phi) is 9.46. The van der Waals surface area contributed by atoms with Crippen molar-refractivity contribution in [1.29, 1.82) is 0 Å². The van der Waals surface area contributed by atoms with Crippen molar-refractivity contribution in [3.63, 3.8) is 0 Å².